The number of para-hydroxylation sites is 1. The third kappa shape index (κ3) is 3.81. The third-order valence-electron chi connectivity index (χ3n) is 4.79. The first-order valence-electron chi connectivity index (χ1n) is 9.37. The first-order valence-corrected chi connectivity index (χ1v) is 9.75. The Morgan fingerprint density at radius 1 is 1.04 bits per heavy atom. The van der Waals surface area contributed by atoms with E-state index < -0.39 is 0 Å². The monoisotopic (exact) mass is 395 g/mol. The Morgan fingerprint density at radius 2 is 1.68 bits per heavy atom. The second kappa shape index (κ2) is 7.78. The molecule has 1 fully saturated rings. The summed E-state index contributed by atoms with van der Waals surface area (Å²) in [5, 5.41) is 5.38. The van der Waals surface area contributed by atoms with Crippen LogP contribution in [0.15, 0.2) is 60.8 Å². The number of benzene rings is 2. The van der Waals surface area contributed by atoms with E-state index >= 15 is 0 Å². The van der Waals surface area contributed by atoms with Gasteiger partial charge in [-0.3, -0.25) is 4.79 Å². The highest BCUT2D eigenvalue weighted by Gasteiger charge is 2.29. The van der Waals surface area contributed by atoms with Gasteiger partial charge in [0.25, 0.3) is 5.91 Å². The number of carbonyl (C=O) groups is 1. The highest BCUT2D eigenvalue weighted by atomic mass is 35.5. The minimum atomic E-state index is -0.0332. The van der Waals surface area contributed by atoms with Gasteiger partial charge in [0.1, 0.15) is 5.69 Å². The smallest absolute Gasteiger partial charge is 0.257 e. The number of nitrogens with zero attached hydrogens (tertiary/aromatic N) is 3. The summed E-state index contributed by atoms with van der Waals surface area (Å²) in [5.41, 5.74) is 2.99. The van der Waals surface area contributed by atoms with Crippen LogP contribution in [0.5, 0.6) is 0 Å². The molecule has 6 heteroatoms. The summed E-state index contributed by atoms with van der Waals surface area (Å²) < 4.78 is 7.53. The Hall–Kier alpha value is -2.63. The molecule has 0 radical (unpaired) electrons. The van der Waals surface area contributed by atoms with E-state index in [0.29, 0.717) is 29.4 Å². The molecule has 3 aromatic rings. The molecule has 0 spiro atoms. The molecule has 0 saturated carbocycles. The van der Waals surface area contributed by atoms with Crippen molar-refractivity contribution in [3.05, 3.63) is 71.4 Å². The minimum absolute atomic E-state index is 0.0100. The molecular formula is C22H22ClN3O2. The zero-order valence-corrected chi connectivity index (χ0v) is 16.6. The Bertz CT molecular complexity index is 959. The Kier molecular flexibility index (Phi) is 5.20. The molecule has 0 N–H and O–H groups in total. The van der Waals surface area contributed by atoms with Crippen molar-refractivity contribution in [2.45, 2.75) is 26.1 Å². The summed E-state index contributed by atoms with van der Waals surface area (Å²) in [4.78, 5) is 15.2. The van der Waals surface area contributed by atoms with Crippen LogP contribution in [0, 0.1) is 0 Å². The van der Waals surface area contributed by atoms with E-state index in [1.165, 1.54) is 0 Å². The Morgan fingerprint density at radius 3 is 2.32 bits per heavy atom. The van der Waals surface area contributed by atoms with E-state index in [1.54, 1.807) is 4.68 Å². The van der Waals surface area contributed by atoms with Crippen molar-refractivity contribution in [2.24, 2.45) is 0 Å². The molecule has 0 unspecified atom stereocenters. The van der Waals surface area contributed by atoms with Gasteiger partial charge in [-0.2, -0.15) is 5.10 Å². The maximum Gasteiger partial charge on any atom is 0.257 e. The van der Waals surface area contributed by atoms with Crippen molar-refractivity contribution in [2.75, 3.05) is 13.1 Å². The van der Waals surface area contributed by atoms with Crippen LogP contribution in [0.3, 0.4) is 0 Å². The third-order valence-corrected chi connectivity index (χ3v) is 5.04. The molecule has 5 nitrogen and oxygen atoms in total. The van der Waals surface area contributed by atoms with Crippen molar-refractivity contribution in [1.82, 2.24) is 14.7 Å². The van der Waals surface area contributed by atoms with Crippen molar-refractivity contribution < 1.29 is 9.53 Å². The van der Waals surface area contributed by atoms with E-state index in [4.69, 9.17) is 21.4 Å². The van der Waals surface area contributed by atoms with Gasteiger partial charge in [0, 0.05) is 29.9 Å². The molecule has 1 saturated heterocycles. The maximum atomic E-state index is 13.4. The van der Waals surface area contributed by atoms with Crippen LogP contribution in [-0.2, 0) is 4.74 Å². The molecule has 0 aliphatic carbocycles. The standard InChI is InChI=1S/C22H22ClN3O2/c1-15-12-25(13-16(2)28-15)22(27)20-14-26(19-6-4-3-5-7-19)24-21(20)17-8-10-18(23)11-9-17/h3-11,14-16H,12-13H2,1-2H3/t15-,16-/m1/s1. The maximum absolute atomic E-state index is 13.4. The number of aromatic nitrogens is 2. The molecule has 144 valence electrons. The zero-order valence-electron chi connectivity index (χ0n) is 15.9. The van der Waals surface area contributed by atoms with Gasteiger partial charge in [0.05, 0.1) is 23.5 Å². The van der Waals surface area contributed by atoms with E-state index in [2.05, 4.69) is 0 Å². The molecule has 28 heavy (non-hydrogen) atoms. The number of hydrogen-bond donors (Lipinski definition) is 0. The molecule has 1 amide bonds. The number of amides is 1. The molecule has 2 aromatic carbocycles. The Balaban J connectivity index is 1.77. The SMILES string of the molecule is C[C@@H]1CN(C(=O)c2cn(-c3ccccc3)nc2-c2ccc(Cl)cc2)C[C@@H](C)O1. The lowest BCUT2D eigenvalue weighted by Crippen LogP contribution is -2.48. The van der Waals surface area contributed by atoms with Crippen LogP contribution < -0.4 is 0 Å². The number of ether oxygens (including phenoxy) is 1. The van der Waals surface area contributed by atoms with Crippen LogP contribution in [0.4, 0.5) is 0 Å². The van der Waals surface area contributed by atoms with Gasteiger partial charge in [-0.25, -0.2) is 4.68 Å². The van der Waals surface area contributed by atoms with Gasteiger partial charge in [-0.1, -0.05) is 41.9 Å². The highest BCUT2D eigenvalue weighted by molar-refractivity contribution is 6.30. The Labute approximate surface area is 169 Å². The fraction of sp³-hybridized carbons (Fsp3) is 0.273. The van der Waals surface area contributed by atoms with Crippen molar-refractivity contribution in [1.29, 1.82) is 0 Å². The second-order valence-corrected chi connectivity index (χ2v) is 7.58. The lowest BCUT2D eigenvalue weighted by molar-refractivity contribution is -0.0586. The first-order chi connectivity index (χ1) is 13.5. The lowest BCUT2D eigenvalue weighted by atomic mass is 10.1. The summed E-state index contributed by atoms with van der Waals surface area (Å²) in [6, 6.07) is 17.2. The van der Waals surface area contributed by atoms with Crippen LogP contribution in [-0.4, -0.2) is 45.9 Å². The number of carbonyl (C=O) groups excluding carboxylic acids is 1. The average molecular weight is 396 g/mol. The molecule has 2 atom stereocenters. The summed E-state index contributed by atoms with van der Waals surface area (Å²) >= 11 is 6.04. The molecule has 2 heterocycles. The summed E-state index contributed by atoms with van der Waals surface area (Å²) in [6.07, 6.45) is 1.83. The van der Waals surface area contributed by atoms with E-state index in [1.807, 2.05) is 79.5 Å². The van der Waals surface area contributed by atoms with E-state index in [9.17, 15) is 4.79 Å². The topological polar surface area (TPSA) is 47.4 Å². The summed E-state index contributed by atoms with van der Waals surface area (Å²) in [6.45, 7) is 5.12. The van der Waals surface area contributed by atoms with Crippen LogP contribution in [0.1, 0.15) is 24.2 Å². The predicted octanol–water partition coefficient (Wildman–Crippen LogP) is 4.44. The lowest BCUT2D eigenvalue weighted by Gasteiger charge is -2.35. The summed E-state index contributed by atoms with van der Waals surface area (Å²) in [5.74, 6) is -0.0332. The van der Waals surface area contributed by atoms with Gasteiger partial charge >= 0.3 is 0 Å². The first kappa shape index (κ1) is 18.7. The number of morpholine rings is 1. The molecule has 0 bridgehead atoms. The van der Waals surface area contributed by atoms with Crippen molar-refractivity contribution in [3.63, 3.8) is 0 Å². The number of halogens is 1. The van der Waals surface area contributed by atoms with E-state index in [0.717, 1.165) is 11.3 Å². The number of rotatable bonds is 3. The molecule has 1 aromatic heterocycles. The largest absolute Gasteiger partial charge is 0.372 e. The van der Waals surface area contributed by atoms with Crippen LogP contribution in [0.2, 0.25) is 5.02 Å². The molecule has 4 rings (SSSR count). The summed E-state index contributed by atoms with van der Waals surface area (Å²) in [7, 11) is 0. The fourth-order valence-electron chi connectivity index (χ4n) is 3.58. The highest BCUT2D eigenvalue weighted by Crippen LogP contribution is 2.27. The molecular weight excluding hydrogens is 374 g/mol. The van der Waals surface area contributed by atoms with Gasteiger partial charge in [0.2, 0.25) is 0 Å². The van der Waals surface area contributed by atoms with Crippen LogP contribution >= 0.6 is 11.6 Å². The minimum Gasteiger partial charge on any atom is -0.372 e. The number of hydrogen-bond acceptors (Lipinski definition) is 3. The predicted molar refractivity (Wildman–Crippen MR) is 110 cm³/mol. The van der Waals surface area contributed by atoms with Crippen molar-refractivity contribution in [3.8, 4) is 16.9 Å². The second-order valence-electron chi connectivity index (χ2n) is 7.15. The average Bonchev–Trinajstić information content (AvgIpc) is 3.13. The van der Waals surface area contributed by atoms with Gasteiger partial charge in [-0.05, 0) is 38.1 Å². The van der Waals surface area contributed by atoms with Crippen molar-refractivity contribution >= 4 is 17.5 Å². The fourth-order valence-corrected chi connectivity index (χ4v) is 3.70. The van der Waals surface area contributed by atoms with Gasteiger partial charge < -0.3 is 9.64 Å². The quantitative estimate of drug-likeness (QED) is 0.658. The van der Waals surface area contributed by atoms with Crippen LogP contribution in [0.25, 0.3) is 16.9 Å². The molecule has 1 aliphatic heterocycles. The molecule has 1 aliphatic rings. The van der Waals surface area contributed by atoms with Gasteiger partial charge in [0.15, 0.2) is 0 Å². The zero-order chi connectivity index (χ0) is 19.7. The van der Waals surface area contributed by atoms with E-state index in [-0.39, 0.29) is 18.1 Å². The van der Waals surface area contributed by atoms with Gasteiger partial charge in [-0.15, -0.1) is 0 Å². The normalized spacial score (nSPS) is 19.6.